The van der Waals surface area contributed by atoms with Gasteiger partial charge in [0.1, 0.15) is 5.82 Å². The molecule has 0 unspecified atom stereocenters. The number of aryl methyl sites for hydroxylation is 1. The van der Waals surface area contributed by atoms with Crippen molar-refractivity contribution >= 4 is 24.3 Å². The zero-order valence-corrected chi connectivity index (χ0v) is 13.6. The van der Waals surface area contributed by atoms with E-state index < -0.39 is 11.7 Å². The Balaban J connectivity index is 0.00000192. The van der Waals surface area contributed by atoms with Gasteiger partial charge < -0.3 is 5.32 Å². The molecule has 3 rings (SSSR count). The van der Waals surface area contributed by atoms with Gasteiger partial charge in [0.05, 0.1) is 5.56 Å². The van der Waals surface area contributed by atoms with Crippen molar-refractivity contribution in [1.29, 1.82) is 0 Å². The first-order valence-electron chi connectivity index (χ1n) is 7.32. The van der Waals surface area contributed by atoms with Crippen molar-refractivity contribution < 1.29 is 9.18 Å². The second kappa shape index (κ2) is 7.52. The molecule has 0 saturated carbocycles. The van der Waals surface area contributed by atoms with Gasteiger partial charge in [-0.15, -0.1) is 12.4 Å². The predicted octanol–water partition coefficient (Wildman–Crippen LogP) is 2.10. The van der Waals surface area contributed by atoms with Crippen LogP contribution in [0.25, 0.3) is 0 Å². The van der Waals surface area contributed by atoms with Crippen LogP contribution in [0.4, 0.5) is 10.3 Å². The summed E-state index contributed by atoms with van der Waals surface area (Å²) in [7, 11) is 1.72. The molecule has 2 N–H and O–H groups in total. The van der Waals surface area contributed by atoms with Gasteiger partial charge in [-0.05, 0) is 38.1 Å². The number of halogens is 2. The highest BCUT2D eigenvalue weighted by molar-refractivity contribution is 6.03. The van der Waals surface area contributed by atoms with Crippen molar-refractivity contribution in [2.75, 3.05) is 18.4 Å². The molecule has 0 radical (unpaired) electrons. The second-order valence-electron chi connectivity index (χ2n) is 5.38. The van der Waals surface area contributed by atoms with Crippen LogP contribution in [-0.4, -0.2) is 33.8 Å². The summed E-state index contributed by atoms with van der Waals surface area (Å²) in [6, 6.07) is 5.86. The third kappa shape index (κ3) is 3.86. The number of hydrogen-bond acceptors (Lipinski definition) is 4. The van der Waals surface area contributed by atoms with Crippen LogP contribution in [-0.2, 0) is 7.05 Å². The van der Waals surface area contributed by atoms with E-state index in [1.54, 1.807) is 19.2 Å². The van der Waals surface area contributed by atoms with Crippen molar-refractivity contribution in [3.05, 3.63) is 41.5 Å². The van der Waals surface area contributed by atoms with Crippen LogP contribution in [0, 0.1) is 5.82 Å². The van der Waals surface area contributed by atoms with Crippen molar-refractivity contribution in [2.24, 2.45) is 7.05 Å². The van der Waals surface area contributed by atoms with Gasteiger partial charge in [0, 0.05) is 13.0 Å². The molecule has 2 heterocycles. The fourth-order valence-corrected chi connectivity index (χ4v) is 2.58. The Morgan fingerprint density at radius 2 is 2.04 bits per heavy atom. The van der Waals surface area contributed by atoms with E-state index in [9.17, 15) is 9.18 Å². The summed E-state index contributed by atoms with van der Waals surface area (Å²) in [5, 5.41) is 10.3. The van der Waals surface area contributed by atoms with Gasteiger partial charge in [-0.3, -0.25) is 10.1 Å². The minimum absolute atomic E-state index is 0. The topological polar surface area (TPSA) is 71.8 Å². The van der Waals surface area contributed by atoms with Gasteiger partial charge >= 0.3 is 0 Å². The maximum atomic E-state index is 13.6. The van der Waals surface area contributed by atoms with Crippen molar-refractivity contribution in [1.82, 2.24) is 20.1 Å². The highest BCUT2D eigenvalue weighted by atomic mass is 35.5. The van der Waals surface area contributed by atoms with Crippen LogP contribution in [0.1, 0.15) is 34.9 Å². The fourth-order valence-electron chi connectivity index (χ4n) is 2.58. The number of benzene rings is 1. The zero-order chi connectivity index (χ0) is 15.5. The number of anilines is 1. The molecule has 0 spiro atoms. The van der Waals surface area contributed by atoms with E-state index in [0.717, 1.165) is 31.8 Å². The number of rotatable bonds is 3. The molecule has 124 valence electrons. The summed E-state index contributed by atoms with van der Waals surface area (Å²) in [5.41, 5.74) is -0.00563. The predicted molar refractivity (Wildman–Crippen MR) is 87.4 cm³/mol. The number of amides is 1. The van der Waals surface area contributed by atoms with Crippen molar-refractivity contribution in [3.63, 3.8) is 0 Å². The van der Waals surface area contributed by atoms with Gasteiger partial charge in [-0.2, -0.15) is 10.1 Å². The highest BCUT2D eigenvalue weighted by Gasteiger charge is 2.22. The van der Waals surface area contributed by atoms with Crippen LogP contribution in [0.2, 0.25) is 0 Å². The lowest BCUT2D eigenvalue weighted by Crippen LogP contribution is -2.27. The Bertz CT molecular complexity index is 684. The minimum atomic E-state index is -0.555. The van der Waals surface area contributed by atoms with E-state index in [-0.39, 0.29) is 18.0 Å². The van der Waals surface area contributed by atoms with Crippen LogP contribution in [0.5, 0.6) is 0 Å². The lowest BCUT2D eigenvalue weighted by Gasteiger charge is -2.19. The normalized spacial score (nSPS) is 15.0. The number of hydrogen-bond donors (Lipinski definition) is 2. The molecule has 1 aromatic heterocycles. The average Bonchev–Trinajstić information content (AvgIpc) is 2.89. The standard InChI is InChI=1S/C15H18FN5O.ClH/c1-21-15(18-13(20-21)10-6-8-17-9-7-10)19-14(22)11-4-2-3-5-12(11)16;/h2-5,10,17H,6-9H2,1H3,(H,18,19,20,22);1H. The van der Waals surface area contributed by atoms with Gasteiger partial charge in [0.15, 0.2) is 5.82 Å². The summed E-state index contributed by atoms with van der Waals surface area (Å²) in [6.45, 7) is 1.89. The van der Waals surface area contributed by atoms with Gasteiger partial charge in [0.25, 0.3) is 5.91 Å². The molecule has 1 aliphatic heterocycles. The first kappa shape index (κ1) is 17.4. The number of nitrogens with one attached hydrogen (secondary N) is 2. The summed E-state index contributed by atoms with van der Waals surface area (Å²) in [5.74, 6) is 0.285. The van der Waals surface area contributed by atoms with E-state index in [1.165, 1.54) is 16.8 Å². The number of carbonyl (C=O) groups is 1. The zero-order valence-electron chi connectivity index (χ0n) is 12.8. The van der Waals surface area contributed by atoms with E-state index in [4.69, 9.17) is 0 Å². The molecule has 1 fully saturated rings. The third-order valence-electron chi connectivity index (χ3n) is 3.83. The highest BCUT2D eigenvalue weighted by Crippen LogP contribution is 2.23. The number of piperidine rings is 1. The molecule has 1 amide bonds. The van der Waals surface area contributed by atoms with E-state index in [2.05, 4.69) is 20.7 Å². The van der Waals surface area contributed by atoms with Crippen molar-refractivity contribution in [3.8, 4) is 0 Å². The van der Waals surface area contributed by atoms with Crippen LogP contribution >= 0.6 is 12.4 Å². The van der Waals surface area contributed by atoms with Crippen LogP contribution in [0.3, 0.4) is 0 Å². The molecule has 0 aliphatic carbocycles. The monoisotopic (exact) mass is 339 g/mol. The third-order valence-corrected chi connectivity index (χ3v) is 3.83. The first-order chi connectivity index (χ1) is 10.6. The molecule has 0 bridgehead atoms. The number of nitrogens with zero attached hydrogens (tertiary/aromatic N) is 3. The fraction of sp³-hybridized carbons (Fsp3) is 0.400. The molecule has 6 nitrogen and oxygen atoms in total. The van der Waals surface area contributed by atoms with Crippen molar-refractivity contribution in [2.45, 2.75) is 18.8 Å². The number of carbonyl (C=O) groups excluding carboxylic acids is 1. The molecule has 1 aliphatic rings. The molecule has 23 heavy (non-hydrogen) atoms. The van der Waals surface area contributed by atoms with E-state index in [1.807, 2.05) is 0 Å². The number of aromatic nitrogens is 3. The lowest BCUT2D eigenvalue weighted by molar-refractivity contribution is 0.102. The lowest BCUT2D eigenvalue weighted by atomic mass is 9.98. The van der Waals surface area contributed by atoms with Crippen LogP contribution < -0.4 is 10.6 Å². The maximum Gasteiger partial charge on any atom is 0.260 e. The van der Waals surface area contributed by atoms with E-state index >= 15 is 0 Å². The molecule has 1 aromatic carbocycles. The Labute approximate surface area is 139 Å². The summed E-state index contributed by atoms with van der Waals surface area (Å²) in [4.78, 5) is 16.5. The quantitative estimate of drug-likeness (QED) is 0.898. The Hall–Kier alpha value is -1.99. The first-order valence-corrected chi connectivity index (χ1v) is 7.32. The van der Waals surface area contributed by atoms with Gasteiger partial charge in [0.2, 0.25) is 5.95 Å². The second-order valence-corrected chi connectivity index (χ2v) is 5.38. The molecule has 1 saturated heterocycles. The SMILES string of the molecule is Cl.Cn1nc(C2CCNCC2)nc1NC(=O)c1ccccc1F. The summed E-state index contributed by atoms with van der Waals surface area (Å²) < 4.78 is 15.2. The molecular formula is C15H19ClFN5O. The smallest absolute Gasteiger partial charge is 0.260 e. The average molecular weight is 340 g/mol. The minimum Gasteiger partial charge on any atom is -0.317 e. The molecular weight excluding hydrogens is 321 g/mol. The molecule has 0 atom stereocenters. The van der Waals surface area contributed by atoms with Gasteiger partial charge in [-0.1, -0.05) is 12.1 Å². The molecule has 2 aromatic rings. The Kier molecular flexibility index (Phi) is 5.68. The Morgan fingerprint density at radius 3 is 2.74 bits per heavy atom. The van der Waals surface area contributed by atoms with Crippen LogP contribution in [0.15, 0.2) is 24.3 Å². The maximum absolute atomic E-state index is 13.6. The summed E-state index contributed by atoms with van der Waals surface area (Å²) >= 11 is 0. The van der Waals surface area contributed by atoms with E-state index in [0.29, 0.717) is 11.9 Å². The Morgan fingerprint density at radius 1 is 1.35 bits per heavy atom. The molecule has 8 heteroatoms. The summed E-state index contributed by atoms with van der Waals surface area (Å²) in [6.07, 6.45) is 1.95. The van der Waals surface area contributed by atoms with Gasteiger partial charge in [-0.25, -0.2) is 9.07 Å². The largest absolute Gasteiger partial charge is 0.317 e.